The van der Waals surface area contributed by atoms with Gasteiger partial charge in [-0.1, -0.05) is 0 Å². The molecule has 11 heteroatoms. The number of aromatic nitrogens is 2. The molecule has 2 rings (SSSR count). The second-order valence-electron chi connectivity index (χ2n) is 8.49. The zero-order valence-electron chi connectivity index (χ0n) is 18.3. The van der Waals surface area contributed by atoms with Crippen LogP contribution in [0.15, 0.2) is 15.8 Å². The lowest BCUT2D eigenvalue weighted by Gasteiger charge is -2.35. The van der Waals surface area contributed by atoms with Gasteiger partial charge in [0.15, 0.2) is 0 Å². The largest absolute Gasteiger partial charge is 0.391 e. The minimum Gasteiger partial charge on any atom is -0.391 e. The number of aliphatic hydroxyl groups is 2. The van der Waals surface area contributed by atoms with E-state index in [9.17, 15) is 29.4 Å². The molecule has 2 amide bonds. The van der Waals surface area contributed by atoms with Crippen LogP contribution >= 0.6 is 0 Å². The van der Waals surface area contributed by atoms with Crippen LogP contribution in [0.2, 0.25) is 0 Å². The first-order valence-corrected chi connectivity index (χ1v) is 10.4. The Morgan fingerprint density at radius 2 is 2.03 bits per heavy atom. The van der Waals surface area contributed by atoms with Gasteiger partial charge in [-0.25, -0.2) is 4.79 Å². The van der Waals surface area contributed by atoms with E-state index in [4.69, 9.17) is 5.73 Å². The summed E-state index contributed by atoms with van der Waals surface area (Å²) in [5.41, 5.74) is 3.01. The Balaban J connectivity index is 2.40. The number of carbonyl (C=O) groups excluding carboxylic acids is 2. The normalized spacial score (nSPS) is 25.0. The molecule has 0 spiro atoms. The fourth-order valence-corrected chi connectivity index (χ4v) is 4.01. The Hall–Kier alpha value is -2.50. The number of nitrogens with zero attached hydrogens (tertiary/aromatic N) is 2. The van der Waals surface area contributed by atoms with Crippen molar-refractivity contribution >= 4 is 11.8 Å². The average Bonchev–Trinajstić information content (AvgIpc) is 2.77. The summed E-state index contributed by atoms with van der Waals surface area (Å²) in [5, 5.41) is 24.1. The molecule has 1 aliphatic rings. The maximum atomic E-state index is 13.3. The quantitative estimate of drug-likeness (QED) is 0.317. The maximum Gasteiger partial charge on any atom is 0.328 e. The molecule has 0 aliphatic carbocycles. The van der Waals surface area contributed by atoms with Crippen LogP contribution in [-0.2, 0) is 9.59 Å². The van der Waals surface area contributed by atoms with Crippen molar-refractivity contribution in [2.24, 2.45) is 5.73 Å². The number of aryl methyl sites for hydroxylation is 1. The second kappa shape index (κ2) is 10.2. The van der Waals surface area contributed by atoms with E-state index >= 15 is 0 Å². The van der Waals surface area contributed by atoms with Crippen LogP contribution in [0.3, 0.4) is 0 Å². The summed E-state index contributed by atoms with van der Waals surface area (Å²) >= 11 is 0. The number of hydrogen-bond donors (Lipinski definition) is 5. The maximum absolute atomic E-state index is 13.3. The van der Waals surface area contributed by atoms with E-state index in [0.29, 0.717) is 25.8 Å². The number of aliphatic hydroxyl groups excluding tert-OH is 1. The van der Waals surface area contributed by atoms with Crippen molar-refractivity contribution in [2.75, 3.05) is 19.6 Å². The van der Waals surface area contributed by atoms with Gasteiger partial charge in [-0.05, 0) is 39.7 Å². The number of nitrogens with two attached hydrogens (primary N) is 1. The van der Waals surface area contributed by atoms with Crippen molar-refractivity contribution in [3.8, 4) is 0 Å². The van der Waals surface area contributed by atoms with Crippen LogP contribution in [0, 0.1) is 6.92 Å². The van der Waals surface area contributed by atoms with Crippen LogP contribution in [-0.4, -0.2) is 73.9 Å². The number of carbonyl (C=O) groups is 2. The molecule has 1 aromatic heterocycles. The number of amides is 2. The molecular formula is C20H33N5O6. The van der Waals surface area contributed by atoms with Crippen LogP contribution in [0.5, 0.6) is 0 Å². The summed E-state index contributed by atoms with van der Waals surface area (Å²) in [5.74, 6) is -0.777. The molecule has 4 atom stereocenters. The Morgan fingerprint density at radius 3 is 2.65 bits per heavy atom. The van der Waals surface area contributed by atoms with E-state index in [-0.39, 0.29) is 31.0 Å². The molecule has 1 aromatic rings. The highest BCUT2D eigenvalue weighted by molar-refractivity contribution is 5.87. The van der Waals surface area contributed by atoms with Gasteiger partial charge in [-0.15, -0.1) is 0 Å². The van der Waals surface area contributed by atoms with Gasteiger partial charge in [0.05, 0.1) is 17.7 Å². The van der Waals surface area contributed by atoms with Crippen molar-refractivity contribution < 1.29 is 19.8 Å². The summed E-state index contributed by atoms with van der Waals surface area (Å²) in [6, 6.07) is -1.73. The van der Waals surface area contributed by atoms with Crippen molar-refractivity contribution in [1.82, 2.24) is 19.8 Å². The molecule has 0 aromatic carbocycles. The zero-order chi connectivity index (χ0) is 23.3. The number of unbranched alkanes of at least 4 members (excludes halogenated alkanes) is 1. The standard InChI is InChI=1S/C20H33N5O6/c1-12-9-25(19(30)23-17(12)28)16-11-24(10-14(27)8-20(16,3)31)18(29)15(22-13(2)26)6-4-5-7-21/h9,14-16,27,31H,4-8,10-11,21H2,1-3H3,(H,22,26)(H,23,28,30)/t14-,15+,16+,20+/m1/s1. The van der Waals surface area contributed by atoms with Crippen molar-refractivity contribution in [3.63, 3.8) is 0 Å². The summed E-state index contributed by atoms with van der Waals surface area (Å²) in [4.78, 5) is 52.7. The van der Waals surface area contributed by atoms with Crippen molar-refractivity contribution in [2.45, 2.75) is 70.2 Å². The number of aromatic amines is 1. The molecule has 174 valence electrons. The van der Waals surface area contributed by atoms with E-state index in [1.165, 1.54) is 36.4 Å². The second-order valence-corrected chi connectivity index (χ2v) is 8.49. The Labute approximate surface area is 180 Å². The molecular weight excluding hydrogens is 406 g/mol. The molecule has 6 N–H and O–H groups in total. The first-order chi connectivity index (χ1) is 14.5. The molecule has 0 radical (unpaired) electrons. The number of β-amino-alcohol motifs (C(OH)–C–C–N with tert-alkyl or cyclic N) is 1. The number of H-pyrrole nitrogens is 1. The minimum absolute atomic E-state index is 0.0600. The number of rotatable bonds is 7. The SMILES string of the molecule is CC(=O)N[C@@H](CCCCN)C(=O)N1C[C@H](O)C[C@](C)(O)[C@@H](n2cc(C)c(=O)[nH]c2=O)C1. The van der Waals surface area contributed by atoms with Gasteiger partial charge in [0.1, 0.15) is 6.04 Å². The van der Waals surface area contributed by atoms with Crippen molar-refractivity contribution in [3.05, 3.63) is 32.6 Å². The predicted octanol–water partition coefficient (Wildman–Crippen LogP) is -1.64. The van der Waals surface area contributed by atoms with E-state index in [2.05, 4.69) is 10.3 Å². The number of nitrogens with one attached hydrogen (secondary N) is 2. The topological polar surface area (TPSA) is 171 Å². The van der Waals surface area contributed by atoms with Gasteiger partial charge in [0.25, 0.3) is 5.56 Å². The van der Waals surface area contributed by atoms with Crippen LogP contribution in [0.4, 0.5) is 0 Å². The van der Waals surface area contributed by atoms with E-state index in [0.717, 1.165) is 0 Å². The van der Waals surface area contributed by atoms with Crippen LogP contribution < -0.4 is 22.3 Å². The van der Waals surface area contributed by atoms with Gasteiger partial charge in [0.2, 0.25) is 11.8 Å². The van der Waals surface area contributed by atoms with Gasteiger partial charge in [-0.2, -0.15) is 0 Å². The highest BCUT2D eigenvalue weighted by Crippen LogP contribution is 2.31. The minimum atomic E-state index is -1.54. The lowest BCUT2D eigenvalue weighted by Crippen LogP contribution is -2.52. The Morgan fingerprint density at radius 1 is 1.35 bits per heavy atom. The molecule has 0 unspecified atom stereocenters. The van der Waals surface area contributed by atoms with Crippen LogP contribution in [0.25, 0.3) is 0 Å². The molecule has 1 saturated heterocycles. The van der Waals surface area contributed by atoms with Gasteiger partial charge < -0.3 is 26.2 Å². The first-order valence-electron chi connectivity index (χ1n) is 10.4. The van der Waals surface area contributed by atoms with Crippen molar-refractivity contribution in [1.29, 1.82) is 0 Å². The third-order valence-corrected chi connectivity index (χ3v) is 5.61. The molecule has 1 fully saturated rings. The highest BCUT2D eigenvalue weighted by atomic mass is 16.3. The Kier molecular flexibility index (Phi) is 8.15. The fourth-order valence-electron chi connectivity index (χ4n) is 4.01. The highest BCUT2D eigenvalue weighted by Gasteiger charge is 2.42. The zero-order valence-corrected chi connectivity index (χ0v) is 18.3. The first kappa shape index (κ1) is 24.8. The summed E-state index contributed by atoms with van der Waals surface area (Å²) < 4.78 is 1.19. The van der Waals surface area contributed by atoms with E-state index in [1.54, 1.807) is 0 Å². The van der Waals surface area contributed by atoms with Gasteiger partial charge in [0, 0.05) is 38.2 Å². The summed E-state index contributed by atoms with van der Waals surface area (Å²) in [7, 11) is 0. The summed E-state index contributed by atoms with van der Waals surface area (Å²) in [6.45, 7) is 4.65. The monoisotopic (exact) mass is 439 g/mol. The molecule has 0 saturated carbocycles. The van der Waals surface area contributed by atoms with E-state index in [1.807, 2.05) is 0 Å². The molecule has 1 aliphatic heterocycles. The van der Waals surface area contributed by atoms with Gasteiger partial charge in [-0.3, -0.25) is 23.9 Å². The molecule has 0 bridgehead atoms. The van der Waals surface area contributed by atoms with Crippen LogP contribution in [0.1, 0.15) is 51.1 Å². The molecule has 11 nitrogen and oxygen atoms in total. The Bertz CT molecular complexity index is 908. The third kappa shape index (κ3) is 6.25. The predicted molar refractivity (Wildman–Crippen MR) is 113 cm³/mol. The summed E-state index contributed by atoms with van der Waals surface area (Å²) in [6.07, 6.45) is 1.92. The van der Waals surface area contributed by atoms with E-state index < -0.39 is 40.9 Å². The number of hydrogen-bond acceptors (Lipinski definition) is 7. The smallest absolute Gasteiger partial charge is 0.328 e. The lowest BCUT2D eigenvalue weighted by atomic mass is 9.91. The lowest BCUT2D eigenvalue weighted by molar-refractivity contribution is -0.137. The molecule has 31 heavy (non-hydrogen) atoms. The molecule has 2 heterocycles. The fraction of sp³-hybridized carbons (Fsp3) is 0.700. The third-order valence-electron chi connectivity index (χ3n) is 5.61. The average molecular weight is 440 g/mol. The van der Waals surface area contributed by atoms with Gasteiger partial charge >= 0.3 is 5.69 Å². The number of likely N-dealkylation sites (tertiary alicyclic amines) is 1.